The van der Waals surface area contributed by atoms with Gasteiger partial charge in [0.25, 0.3) is 5.69 Å². The number of nitro benzene ring substituents is 1. The molecule has 0 unspecified atom stereocenters. The largest absolute Gasteiger partial charge is 0.459 e. The van der Waals surface area contributed by atoms with Crippen molar-refractivity contribution in [3.8, 4) is 11.3 Å². The quantitative estimate of drug-likeness (QED) is 0.286. The number of urea groups is 1. The lowest BCUT2D eigenvalue weighted by molar-refractivity contribution is -0.384. The van der Waals surface area contributed by atoms with Gasteiger partial charge in [-0.3, -0.25) is 14.9 Å². The second kappa shape index (κ2) is 8.01. The van der Waals surface area contributed by atoms with E-state index in [1.165, 1.54) is 59.2 Å². The van der Waals surface area contributed by atoms with E-state index in [4.69, 9.17) is 4.42 Å². The summed E-state index contributed by atoms with van der Waals surface area (Å²) in [6.07, 6.45) is -5.39. The van der Waals surface area contributed by atoms with E-state index in [-0.39, 0.29) is 27.6 Å². The number of non-ortho nitro benzene ring substituents is 1. The normalized spacial score (nSPS) is 23.0. The van der Waals surface area contributed by atoms with E-state index in [1.54, 1.807) is 0 Å². The molecule has 13 heteroatoms. The Morgan fingerprint density at radius 3 is 2.61 bits per heavy atom. The molecule has 0 bridgehead atoms. The van der Waals surface area contributed by atoms with Gasteiger partial charge in [-0.05, 0) is 23.6 Å². The van der Waals surface area contributed by atoms with E-state index in [0.29, 0.717) is 0 Å². The minimum Gasteiger partial charge on any atom is -0.459 e. The van der Waals surface area contributed by atoms with Crippen LogP contribution in [0.15, 0.2) is 58.3 Å². The van der Waals surface area contributed by atoms with Crippen LogP contribution in [0, 0.1) is 16.0 Å². The Balaban J connectivity index is 1.79. The topological polar surface area (TPSA) is 135 Å². The Morgan fingerprint density at radius 1 is 1.21 bits per heavy atom. The van der Waals surface area contributed by atoms with Crippen LogP contribution in [0.1, 0.15) is 21.5 Å². The minimum atomic E-state index is -5.39. The molecule has 3 atom stereocenters. The molecule has 172 valence electrons. The third-order valence-electron chi connectivity index (χ3n) is 5.13. The predicted octanol–water partition coefficient (Wildman–Crippen LogP) is 4.02. The number of thiophene rings is 1. The van der Waals surface area contributed by atoms with Crippen molar-refractivity contribution in [1.82, 2.24) is 10.6 Å². The summed E-state index contributed by atoms with van der Waals surface area (Å²) in [6, 6.07) is 7.61. The van der Waals surface area contributed by atoms with Crippen molar-refractivity contribution in [2.45, 2.75) is 17.9 Å². The standard InChI is InChI=1S/C20H14F3N3O6S/c21-20(22,23)19(29)15(17(27)14-5-2-8-33-14)16(24-18(28)25-19)13-7-6-12(32-13)10-3-1-4-11(9-10)26(30)31/h1-9,15-16,29H,(H2,24,25,28)/t15-,16+,19-/m1/s1. The predicted molar refractivity (Wildman–Crippen MR) is 108 cm³/mol. The van der Waals surface area contributed by atoms with E-state index < -0.39 is 40.6 Å². The van der Waals surface area contributed by atoms with Gasteiger partial charge in [0.05, 0.1) is 9.80 Å². The Hall–Kier alpha value is -3.71. The summed E-state index contributed by atoms with van der Waals surface area (Å²) in [4.78, 5) is 35.4. The molecule has 9 nitrogen and oxygen atoms in total. The third-order valence-corrected chi connectivity index (χ3v) is 6.01. The van der Waals surface area contributed by atoms with E-state index >= 15 is 0 Å². The lowest BCUT2D eigenvalue weighted by atomic mass is 9.80. The number of aliphatic hydroxyl groups is 1. The zero-order valence-electron chi connectivity index (χ0n) is 16.3. The van der Waals surface area contributed by atoms with Gasteiger partial charge in [0.2, 0.25) is 5.72 Å². The summed E-state index contributed by atoms with van der Waals surface area (Å²) in [5, 5.41) is 26.7. The highest BCUT2D eigenvalue weighted by atomic mass is 32.1. The number of halogens is 3. The van der Waals surface area contributed by atoms with Crippen LogP contribution in [0.3, 0.4) is 0 Å². The first-order valence-corrected chi connectivity index (χ1v) is 10.2. The molecule has 2 amide bonds. The van der Waals surface area contributed by atoms with E-state index in [9.17, 15) is 38.0 Å². The van der Waals surface area contributed by atoms with Crippen LogP contribution in [0.25, 0.3) is 11.3 Å². The van der Waals surface area contributed by atoms with Crippen molar-refractivity contribution >= 4 is 28.8 Å². The molecule has 2 aromatic heterocycles. The van der Waals surface area contributed by atoms with Crippen LogP contribution in [0.4, 0.5) is 23.7 Å². The van der Waals surface area contributed by atoms with Gasteiger partial charge in [-0.2, -0.15) is 13.2 Å². The first-order chi connectivity index (χ1) is 15.5. The van der Waals surface area contributed by atoms with Crippen LogP contribution in [-0.4, -0.2) is 33.7 Å². The molecule has 3 heterocycles. The lowest BCUT2D eigenvalue weighted by Crippen LogP contribution is -2.72. The second-order valence-electron chi connectivity index (χ2n) is 7.17. The molecular weight excluding hydrogens is 467 g/mol. The number of nitro groups is 1. The fourth-order valence-corrected chi connectivity index (χ4v) is 4.30. The van der Waals surface area contributed by atoms with Gasteiger partial charge in [-0.25, -0.2) is 4.79 Å². The highest BCUT2D eigenvalue weighted by molar-refractivity contribution is 7.12. The number of alkyl halides is 3. The van der Waals surface area contributed by atoms with E-state index in [2.05, 4.69) is 5.32 Å². The fraction of sp³-hybridized carbons (Fsp3) is 0.200. The Kier molecular flexibility index (Phi) is 5.46. The molecule has 0 saturated carbocycles. The molecule has 1 aliphatic heterocycles. The number of carbonyl (C=O) groups is 2. The highest BCUT2D eigenvalue weighted by Crippen LogP contribution is 2.45. The molecule has 1 aliphatic rings. The summed E-state index contributed by atoms with van der Waals surface area (Å²) >= 11 is 0.878. The molecule has 3 N–H and O–H groups in total. The molecule has 0 aliphatic carbocycles. The van der Waals surface area contributed by atoms with Crippen molar-refractivity contribution in [1.29, 1.82) is 0 Å². The van der Waals surface area contributed by atoms with Gasteiger partial charge >= 0.3 is 12.2 Å². The minimum absolute atomic E-state index is 0.0550. The molecule has 0 spiro atoms. The summed E-state index contributed by atoms with van der Waals surface area (Å²) in [7, 11) is 0. The van der Waals surface area contributed by atoms with Crippen molar-refractivity contribution < 1.29 is 37.2 Å². The van der Waals surface area contributed by atoms with Gasteiger partial charge in [-0.15, -0.1) is 11.3 Å². The first-order valence-electron chi connectivity index (χ1n) is 9.31. The number of benzene rings is 1. The number of Topliss-reactive ketones (excluding diaryl/α,β-unsaturated/α-hetero) is 1. The molecule has 1 aromatic carbocycles. The molecule has 0 radical (unpaired) electrons. The van der Waals surface area contributed by atoms with E-state index in [0.717, 1.165) is 11.3 Å². The van der Waals surface area contributed by atoms with E-state index in [1.807, 2.05) is 0 Å². The number of furan rings is 1. The van der Waals surface area contributed by atoms with Crippen molar-refractivity contribution in [2.75, 3.05) is 0 Å². The number of nitrogens with zero attached hydrogens (tertiary/aromatic N) is 1. The molecule has 1 saturated heterocycles. The van der Waals surface area contributed by atoms with Crippen LogP contribution in [-0.2, 0) is 0 Å². The number of hydrogen-bond donors (Lipinski definition) is 3. The zero-order valence-corrected chi connectivity index (χ0v) is 17.1. The third kappa shape index (κ3) is 3.96. The Labute approximate surface area is 187 Å². The number of hydrogen-bond acceptors (Lipinski definition) is 7. The molecule has 3 aromatic rings. The van der Waals surface area contributed by atoms with Gasteiger partial charge < -0.3 is 20.2 Å². The maximum absolute atomic E-state index is 13.9. The lowest BCUT2D eigenvalue weighted by Gasteiger charge is -2.44. The van der Waals surface area contributed by atoms with Crippen LogP contribution < -0.4 is 10.6 Å². The summed E-state index contributed by atoms with van der Waals surface area (Å²) in [6.45, 7) is 0. The molecule has 33 heavy (non-hydrogen) atoms. The Bertz CT molecular complexity index is 1230. The van der Waals surface area contributed by atoms with Crippen LogP contribution in [0.2, 0.25) is 0 Å². The molecular formula is C20H14F3N3O6S. The van der Waals surface area contributed by atoms with Crippen molar-refractivity contribution in [3.05, 3.63) is 74.7 Å². The average molecular weight is 481 g/mol. The van der Waals surface area contributed by atoms with Crippen molar-refractivity contribution in [3.63, 3.8) is 0 Å². The SMILES string of the molecule is O=C1N[C@@H](c2ccc(-c3cccc([N+](=O)[O-])c3)o2)[C@H](C(=O)c2cccs2)[C@@](O)(C(F)(F)F)N1. The number of nitrogens with one attached hydrogen (secondary N) is 2. The maximum atomic E-state index is 13.9. The fourth-order valence-electron chi connectivity index (χ4n) is 3.60. The monoisotopic (exact) mass is 481 g/mol. The smallest absolute Gasteiger partial charge is 0.437 e. The van der Waals surface area contributed by atoms with Gasteiger partial charge in [0.15, 0.2) is 5.78 Å². The zero-order chi connectivity index (χ0) is 24.0. The number of amides is 2. The molecule has 4 rings (SSSR count). The first kappa shape index (κ1) is 22.5. The summed E-state index contributed by atoms with van der Waals surface area (Å²) in [5.74, 6) is -3.48. The number of ketones is 1. The summed E-state index contributed by atoms with van der Waals surface area (Å²) in [5.41, 5.74) is -3.86. The van der Waals surface area contributed by atoms with Gasteiger partial charge in [0, 0.05) is 17.7 Å². The Morgan fingerprint density at radius 2 is 1.97 bits per heavy atom. The van der Waals surface area contributed by atoms with Gasteiger partial charge in [0.1, 0.15) is 23.5 Å². The number of rotatable bonds is 5. The molecule has 1 fully saturated rings. The maximum Gasteiger partial charge on any atom is 0.437 e. The average Bonchev–Trinajstić information content (AvgIpc) is 3.44. The van der Waals surface area contributed by atoms with Crippen LogP contribution in [0.5, 0.6) is 0 Å². The van der Waals surface area contributed by atoms with Crippen molar-refractivity contribution in [2.24, 2.45) is 5.92 Å². The number of carbonyl (C=O) groups excluding carboxylic acids is 2. The highest BCUT2D eigenvalue weighted by Gasteiger charge is 2.67. The second-order valence-corrected chi connectivity index (χ2v) is 8.12. The summed E-state index contributed by atoms with van der Waals surface area (Å²) < 4.78 is 47.3. The van der Waals surface area contributed by atoms with Crippen LogP contribution >= 0.6 is 11.3 Å². The van der Waals surface area contributed by atoms with Gasteiger partial charge in [-0.1, -0.05) is 18.2 Å².